The lowest BCUT2D eigenvalue weighted by Crippen LogP contribution is -2.46. The minimum Gasteiger partial charge on any atom is -0.383 e. The quantitative estimate of drug-likeness (QED) is 0.782. The van der Waals surface area contributed by atoms with Crippen LogP contribution in [0, 0.1) is 5.92 Å². The highest BCUT2D eigenvalue weighted by Crippen LogP contribution is 2.22. The number of piperidine rings is 2. The third-order valence-corrected chi connectivity index (χ3v) is 4.66. The van der Waals surface area contributed by atoms with E-state index in [-0.39, 0.29) is 6.03 Å². The number of nitrogens with zero attached hydrogens (tertiary/aromatic N) is 2. The first-order valence-electron chi connectivity index (χ1n) is 8.50. The Morgan fingerprint density at radius 1 is 1.05 bits per heavy atom. The molecule has 2 fully saturated rings. The van der Waals surface area contributed by atoms with Crippen LogP contribution in [0.2, 0.25) is 0 Å². The predicted molar refractivity (Wildman–Crippen MR) is 84.6 cm³/mol. The van der Waals surface area contributed by atoms with Gasteiger partial charge in [-0.05, 0) is 38.0 Å². The zero-order chi connectivity index (χ0) is 15.8. The van der Waals surface area contributed by atoms with Gasteiger partial charge in [0, 0.05) is 46.3 Å². The van der Waals surface area contributed by atoms with Gasteiger partial charge in [-0.15, -0.1) is 0 Å². The summed E-state index contributed by atoms with van der Waals surface area (Å²) < 4.78 is 4.92. The second kappa shape index (κ2) is 8.98. The molecule has 2 aliphatic heterocycles. The lowest BCUT2D eigenvalue weighted by molar-refractivity contribution is -0.133. The molecule has 6 nitrogen and oxygen atoms in total. The Morgan fingerprint density at radius 2 is 1.73 bits per heavy atom. The van der Waals surface area contributed by atoms with Gasteiger partial charge in [0.1, 0.15) is 0 Å². The first kappa shape index (κ1) is 17.1. The average molecular weight is 311 g/mol. The second-order valence-corrected chi connectivity index (χ2v) is 6.30. The molecule has 2 saturated heterocycles. The van der Waals surface area contributed by atoms with Crippen molar-refractivity contribution in [1.82, 2.24) is 15.1 Å². The van der Waals surface area contributed by atoms with Crippen LogP contribution in [0.4, 0.5) is 4.79 Å². The fourth-order valence-corrected chi connectivity index (χ4v) is 3.23. The van der Waals surface area contributed by atoms with Crippen molar-refractivity contribution in [2.45, 2.75) is 38.5 Å². The van der Waals surface area contributed by atoms with Crippen molar-refractivity contribution in [3.8, 4) is 0 Å². The molecule has 0 aliphatic carbocycles. The Balaban J connectivity index is 1.66. The second-order valence-electron chi connectivity index (χ2n) is 6.30. The maximum absolute atomic E-state index is 12.3. The zero-order valence-electron chi connectivity index (χ0n) is 13.7. The highest BCUT2D eigenvalue weighted by atomic mass is 16.5. The Kier molecular flexibility index (Phi) is 6.96. The summed E-state index contributed by atoms with van der Waals surface area (Å²) in [7, 11) is 1.62. The number of likely N-dealkylation sites (tertiary alicyclic amines) is 2. The first-order valence-corrected chi connectivity index (χ1v) is 8.50. The van der Waals surface area contributed by atoms with Gasteiger partial charge in [0.15, 0.2) is 0 Å². The molecule has 2 rings (SSSR count). The van der Waals surface area contributed by atoms with Crippen molar-refractivity contribution in [2.75, 3.05) is 46.4 Å². The molecular weight excluding hydrogens is 282 g/mol. The number of ether oxygens (including phenoxy) is 1. The Morgan fingerprint density at radius 3 is 2.36 bits per heavy atom. The molecular formula is C16H29N3O3. The van der Waals surface area contributed by atoms with E-state index in [1.165, 1.54) is 6.42 Å². The molecule has 2 aliphatic rings. The summed E-state index contributed by atoms with van der Waals surface area (Å²) in [5, 5.41) is 2.85. The molecule has 0 spiro atoms. The Bertz CT molecular complexity index is 362. The molecule has 0 bridgehead atoms. The van der Waals surface area contributed by atoms with Crippen LogP contribution in [0.25, 0.3) is 0 Å². The van der Waals surface area contributed by atoms with Gasteiger partial charge < -0.3 is 19.9 Å². The fourth-order valence-electron chi connectivity index (χ4n) is 3.23. The summed E-state index contributed by atoms with van der Waals surface area (Å²) in [6, 6.07) is -0.0159. The number of hydrogen-bond donors (Lipinski definition) is 1. The molecule has 3 amide bonds. The summed E-state index contributed by atoms with van der Waals surface area (Å²) in [5.41, 5.74) is 0. The van der Waals surface area contributed by atoms with Gasteiger partial charge in [-0.1, -0.05) is 0 Å². The van der Waals surface area contributed by atoms with Crippen LogP contribution in [-0.4, -0.2) is 68.2 Å². The van der Waals surface area contributed by atoms with Crippen LogP contribution in [0.5, 0.6) is 0 Å². The van der Waals surface area contributed by atoms with E-state index in [1.54, 1.807) is 7.11 Å². The molecule has 6 heteroatoms. The number of urea groups is 1. The van der Waals surface area contributed by atoms with E-state index in [4.69, 9.17) is 4.74 Å². The van der Waals surface area contributed by atoms with Crippen LogP contribution in [0.3, 0.4) is 0 Å². The van der Waals surface area contributed by atoms with Crippen molar-refractivity contribution in [3.05, 3.63) is 0 Å². The van der Waals surface area contributed by atoms with Crippen molar-refractivity contribution < 1.29 is 14.3 Å². The summed E-state index contributed by atoms with van der Waals surface area (Å²) in [6.45, 7) is 4.43. The summed E-state index contributed by atoms with van der Waals surface area (Å²) in [5.74, 6) is 0.736. The number of carbonyl (C=O) groups excluding carboxylic acids is 2. The molecule has 2 heterocycles. The standard InChI is InChI=1S/C16H29N3O3/c1-22-12-7-17-16(21)19-10-5-14(6-11-19)13-15(20)18-8-3-2-4-9-18/h14H,2-13H2,1H3,(H,17,21). The maximum Gasteiger partial charge on any atom is 0.317 e. The molecule has 126 valence electrons. The zero-order valence-corrected chi connectivity index (χ0v) is 13.7. The third-order valence-electron chi connectivity index (χ3n) is 4.66. The van der Waals surface area contributed by atoms with Crippen LogP contribution in [0.1, 0.15) is 38.5 Å². The molecule has 0 aromatic rings. The molecule has 22 heavy (non-hydrogen) atoms. The topological polar surface area (TPSA) is 61.9 Å². The third kappa shape index (κ3) is 5.16. The van der Waals surface area contributed by atoms with E-state index in [0.29, 0.717) is 31.4 Å². The SMILES string of the molecule is COCCNC(=O)N1CCC(CC(=O)N2CCCCC2)CC1. The summed E-state index contributed by atoms with van der Waals surface area (Å²) in [4.78, 5) is 28.1. The highest BCUT2D eigenvalue weighted by molar-refractivity contribution is 5.77. The number of rotatable bonds is 5. The predicted octanol–water partition coefficient (Wildman–Crippen LogP) is 1.46. The van der Waals surface area contributed by atoms with Crippen molar-refractivity contribution >= 4 is 11.9 Å². The smallest absolute Gasteiger partial charge is 0.317 e. The summed E-state index contributed by atoms with van der Waals surface area (Å²) >= 11 is 0. The number of carbonyl (C=O) groups is 2. The Labute approximate surface area is 133 Å². The van der Waals surface area contributed by atoms with Gasteiger partial charge in [-0.2, -0.15) is 0 Å². The van der Waals surface area contributed by atoms with Crippen molar-refractivity contribution in [1.29, 1.82) is 0 Å². The maximum atomic E-state index is 12.3. The van der Waals surface area contributed by atoms with E-state index in [9.17, 15) is 9.59 Å². The van der Waals surface area contributed by atoms with Gasteiger partial charge in [0.2, 0.25) is 5.91 Å². The Hall–Kier alpha value is -1.30. The fraction of sp³-hybridized carbons (Fsp3) is 0.875. The molecule has 0 saturated carbocycles. The van der Waals surface area contributed by atoms with Crippen molar-refractivity contribution in [2.24, 2.45) is 5.92 Å². The number of hydrogen-bond acceptors (Lipinski definition) is 3. The largest absolute Gasteiger partial charge is 0.383 e. The van der Waals surface area contributed by atoms with Crippen LogP contribution in [0.15, 0.2) is 0 Å². The first-order chi connectivity index (χ1) is 10.7. The van der Waals surface area contributed by atoms with Gasteiger partial charge in [0.25, 0.3) is 0 Å². The molecule has 0 unspecified atom stereocenters. The number of amides is 3. The van der Waals surface area contributed by atoms with Crippen LogP contribution < -0.4 is 5.32 Å². The minimum atomic E-state index is -0.0159. The lowest BCUT2D eigenvalue weighted by Gasteiger charge is -2.33. The highest BCUT2D eigenvalue weighted by Gasteiger charge is 2.26. The normalized spacial score (nSPS) is 20.0. The molecule has 0 aromatic carbocycles. The molecule has 0 atom stereocenters. The minimum absolute atomic E-state index is 0.0159. The van der Waals surface area contributed by atoms with E-state index < -0.39 is 0 Å². The molecule has 1 N–H and O–H groups in total. The van der Waals surface area contributed by atoms with Gasteiger partial charge >= 0.3 is 6.03 Å². The number of methoxy groups -OCH3 is 1. The van der Waals surface area contributed by atoms with Crippen molar-refractivity contribution in [3.63, 3.8) is 0 Å². The monoisotopic (exact) mass is 311 g/mol. The molecule has 0 aromatic heterocycles. The summed E-state index contributed by atoms with van der Waals surface area (Å²) in [6.07, 6.45) is 6.05. The van der Waals surface area contributed by atoms with E-state index in [2.05, 4.69) is 5.32 Å². The van der Waals surface area contributed by atoms with E-state index in [0.717, 1.165) is 51.9 Å². The van der Waals surface area contributed by atoms with E-state index >= 15 is 0 Å². The molecule has 0 radical (unpaired) electrons. The van der Waals surface area contributed by atoms with Crippen LogP contribution in [-0.2, 0) is 9.53 Å². The lowest BCUT2D eigenvalue weighted by atomic mass is 9.93. The van der Waals surface area contributed by atoms with Gasteiger partial charge in [0.05, 0.1) is 6.61 Å². The van der Waals surface area contributed by atoms with Gasteiger partial charge in [-0.3, -0.25) is 4.79 Å². The van der Waals surface area contributed by atoms with E-state index in [1.807, 2.05) is 9.80 Å². The number of nitrogens with one attached hydrogen (secondary N) is 1. The van der Waals surface area contributed by atoms with Crippen LogP contribution >= 0.6 is 0 Å². The average Bonchev–Trinajstić information content (AvgIpc) is 2.56. The van der Waals surface area contributed by atoms with Gasteiger partial charge in [-0.25, -0.2) is 4.79 Å².